The van der Waals surface area contributed by atoms with Crippen LogP contribution in [0.5, 0.6) is 0 Å². The van der Waals surface area contributed by atoms with Crippen LogP contribution in [0, 0.1) is 0 Å². The molecule has 1 aromatic heterocycles. The maximum absolute atomic E-state index is 5.76. The molecule has 102 valence electrons. The average Bonchev–Trinajstić information content (AvgIpc) is 3.09. The molecule has 0 amide bonds. The molecule has 4 rings (SSSR count). The van der Waals surface area contributed by atoms with Crippen molar-refractivity contribution in [3.8, 4) is 11.1 Å². The van der Waals surface area contributed by atoms with Crippen LogP contribution < -0.4 is 5.73 Å². The number of rotatable bonds is 1. The van der Waals surface area contributed by atoms with Crippen LogP contribution in [0.1, 0.15) is 18.1 Å². The summed E-state index contributed by atoms with van der Waals surface area (Å²) in [7, 11) is 0. The number of amidine groups is 1. The standard InChI is InChI=1S/C15H16N4O/c1-9-15(19-14(16)20-9)5-10-3-2-4-12(13(10)6-15)11-7-17-18-8-11/h2-4,7-9H,5-6H2,1H3,(H2,16,19)(H,17,18). The maximum atomic E-state index is 5.76. The highest BCUT2D eigenvalue weighted by atomic mass is 16.5. The number of H-pyrrole nitrogens is 1. The summed E-state index contributed by atoms with van der Waals surface area (Å²) in [6.45, 7) is 2.05. The highest BCUT2D eigenvalue weighted by Gasteiger charge is 2.48. The zero-order chi connectivity index (χ0) is 13.7. The summed E-state index contributed by atoms with van der Waals surface area (Å²) < 4.78 is 5.57. The zero-order valence-electron chi connectivity index (χ0n) is 11.3. The fourth-order valence-corrected chi connectivity index (χ4v) is 3.37. The zero-order valence-corrected chi connectivity index (χ0v) is 11.3. The van der Waals surface area contributed by atoms with Crippen LogP contribution in [0.15, 0.2) is 35.6 Å². The minimum absolute atomic E-state index is 0.0205. The Morgan fingerprint density at radius 1 is 1.40 bits per heavy atom. The molecule has 1 aliphatic carbocycles. The number of fused-ring (bicyclic) bond motifs is 1. The summed E-state index contributed by atoms with van der Waals surface area (Å²) in [5.41, 5.74) is 10.5. The Bertz CT molecular complexity index is 692. The van der Waals surface area contributed by atoms with Gasteiger partial charge in [-0.2, -0.15) is 5.10 Å². The lowest BCUT2D eigenvalue weighted by Gasteiger charge is -2.23. The molecule has 2 atom stereocenters. The molecule has 0 saturated carbocycles. The van der Waals surface area contributed by atoms with Gasteiger partial charge in [-0.05, 0) is 23.6 Å². The second kappa shape index (κ2) is 3.85. The van der Waals surface area contributed by atoms with E-state index >= 15 is 0 Å². The molecule has 5 heteroatoms. The number of aromatic nitrogens is 2. The maximum Gasteiger partial charge on any atom is 0.282 e. The molecule has 0 radical (unpaired) electrons. The van der Waals surface area contributed by atoms with Crippen molar-refractivity contribution in [1.82, 2.24) is 10.2 Å². The van der Waals surface area contributed by atoms with E-state index in [2.05, 4.69) is 33.4 Å². The van der Waals surface area contributed by atoms with Gasteiger partial charge in [0.2, 0.25) is 0 Å². The van der Waals surface area contributed by atoms with Crippen LogP contribution in [0.2, 0.25) is 0 Å². The van der Waals surface area contributed by atoms with Gasteiger partial charge in [0, 0.05) is 24.6 Å². The van der Waals surface area contributed by atoms with E-state index in [0.717, 1.165) is 18.4 Å². The lowest BCUT2D eigenvalue weighted by Crippen LogP contribution is -2.36. The van der Waals surface area contributed by atoms with Crippen LogP contribution >= 0.6 is 0 Å². The Kier molecular flexibility index (Phi) is 2.22. The summed E-state index contributed by atoms with van der Waals surface area (Å²) in [6, 6.07) is 6.71. The van der Waals surface area contributed by atoms with Crippen molar-refractivity contribution in [2.45, 2.75) is 31.4 Å². The van der Waals surface area contributed by atoms with E-state index in [0.29, 0.717) is 6.02 Å². The highest BCUT2D eigenvalue weighted by molar-refractivity contribution is 5.76. The van der Waals surface area contributed by atoms with Crippen molar-refractivity contribution in [1.29, 1.82) is 0 Å². The molecule has 1 aliphatic heterocycles. The highest BCUT2D eigenvalue weighted by Crippen LogP contribution is 2.42. The van der Waals surface area contributed by atoms with E-state index in [-0.39, 0.29) is 11.6 Å². The molecular weight excluding hydrogens is 252 g/mol. The van der Waals surface area contributed by atoms with Gasteiger partial charge in [-0.1, -0.05) is 18.2 Å². The monoisotopic (exact) mass is 268 g/mol. The van der Waals surface area contributed by atoms with Gasteiger partial charge in [-0.15, -0.1) is 0 Å². The summed E-state index contributed by atoms with van der Waals surface area (Å²) >= 11 is 0. The van der Waals surface area contributed by atoms with Crippen LogP contribution in [-0.4, -0.2) is 27.9 Å². The molecule has 2 aromatic rings. The Morgan fingerprint density at radius 3 is 3.00 bits per heavy atom. The van der Waals surface area contributed by atoms with Crippen LogP contribution in [0.3, 0.4) is 0 Å². The molecule has 2 unspecified atom stereocenters. The second-order valence-electron chi connectivity index (χ2n) is 5.60. The van der Waals surface area contributed by atoms with Crippen LogP contribution in [0.4, 0.5) is 0 Å². The van der Waals surface area contributed by atoms with Crippen LogP contribution in [0.25, 0.3) is 11.1 Å². The molecule has 0 fully saturated rings. The molecule has 2 aliphatic rings. The minimum atomic E-state index is -0.230. The number of ether oxygens (including phenoxy) is 1. The van der Waals surface area contributed by atoms with E-state index in [9.17, 15) is 0 Å². The van der Waals surface area contributed by atoms with Crippen molar-refractivity contribution in [2.24, 2.45) is 10.7 Å². The van der Waals surface area contributed by atoms with E-state index in [1.807, 2.05) is 19.3 Å². The molecule has 1 aromatic carbocycles. The first-order chi connectivity index (χ1) is 9.68. The minimum Gasteiger partial charge on any atom is -0.460 e. The molecule has 0 bridgehead atoms. The summed E-state index contributed by atoms with van der Waals surface area (Å²) in [4.78, 5) is 4.59. The van der Waals surface area contributed by atoms with Crippen molar-refractivity contribution in [2.75, 3.05) is 0 Å². The van der Waals surface area contributed by atoms with E-state index in [1.54, 1.807) is 0 Å². The first-order valence-electron chi connectivity index (χ1n) is 6.80. The van der Waals surface area contributed by atoms with Gasteiger partial charge in [-0.3, -0.25) is 5.10 Å². The lowest BCUT2D eigenvalue weighted by molar-refractivity contribution is 0.157. The molecule has 20 heavy (non-hydrogen) atoms. The topological polar surface area (TPSA) is 76.3 Å². The number of benzene rings is 1. The fourth-order valence-electron chi connectivity index (χ4n) is 3.37. The number of nitrogens with zero attached hydrogens (tertiary/aromatic N) is 2. The quantitative estimate of drug-likeness (QED) is 0.825. The molecule has 0 saturated heterocycles. The summed E-state index contributed by atoms with van der Waals surface area (Å²) in [5.74, 6) is 0. The molecule has 2 heterocycles. The SMILES string of the molecule is CC1OC(N)=NC12Cc1cccc(-c3cn[nH]c3)c1C2. The largest absolute Gasteiger partial charge is 0.460 e. The third kappa shape index (κ3) is 1.49. The van der Waals surface area contributed by atoms with Crippen LogP contribution in [-0.2, 0) is 17.6 Å². The van der Waals surface area contributed by atoms with Gasteiger partial charge in [0.1, 0.15) is 11.6 Å². The van der Waals surface area contributed by atoms with E-state index < -0.39 is 0 Å². The normalized spacial score (nSPS) is 27.4. The number of nitrogens with two attached hydrogens (primary N) is 1. The van der Waals surface area contributed by atoms with Gasteiger partial charge in [-0.25, -0.2) is 4.99 Å². The predicted molar refractivity (Wildman–Crippen MR) is 76.3 cm³/mol. The number of hydrogen-bond donors (Lipinski definition) is 2. The van der Waals surface area contributed by atoms with Crippen molar-refractivity contribution < 1.29 is 4.74 Å². The van der Waals surface area contributed by atoms with Crippen molar-refractivity contribution >= 4 is 6.02 Å². The molecule has 5 nitrogen and oxygen atoms in total. The Labute approximate surface area is 116 Å². The Hall–Kier alpha value is -2.30. The third-order valence-electron chi connectivity index (χ3n) is 4.45. The van der Waals surface area contributed by atoms with Gasteiger partial charge < -0.3 is 10.5 Å². The van der Waals surface area contributed by atoms with Gasteiger partial charge in [0.05, 0.1) is 6.20 Å². The Morgan fingerprint density at radius 2 is 2.30 bits per heavy atom. The first-order valence-corrected chi connectivity index (χ1v) is 6.80. The lowest BCUT2D eigenvalue weighted by atomic mass is 9.90. The number of nitrogens with one attached hydrogen (secondary N) is 1. The third-order valence-corrected chi connectivity index (χ3v) is 4.45. The number of aromatic amines is 1. The molecular formula is C15H16N4O. The smallest absolute Gasteiger partial charge is 0.282 e. The van der Waals surface area contributed by atoms with Crippen molar-refractivity contribution in [3.05, 3.63) is 41.7 Å². The van der Waals surface area contributed by atoms with Gasteiger partial charge >= 0.3 is 0 Å². The molecule has 1 spiro atoms. The van der Waals surface area contributed by atoms with Gasteiger partial charge in [0.15, 0.2) is 0 Å². The molecule has 3 N–H and O–H groups in total. The van der Waals surface area contributed by atoms with Crippen molar-refractivity contribution in [3.63, 3.8) is 0 Å². The van der Waals surface area contributed by atoms with E-state index in [1.165, 1.54) is 16.7 Å². The second-order valence-corrected chi connectivity index (χ2v) is 5.60. The summed E-state index contributed by atoms with van der Waals surface area (Å²) in [5, 5.41) is 6.92. The number of hydrogen-bond acceptors (Lipinski definition) is 4. The Balaban J connectivity index is 1.81. The average molecular weight is 268 g/mol. The fraction of sp³-hybridized carbons (Fsp3) is 0.333. The number of aliphatic imine (C=N–C) groups is 1. The predicted octanol–water partition coefficient (Wildman–Crippen LogP) is 1.65. The first kappa shape index (κ1) is 11.5. The van der Waals surface area contributed by atoms with Gasteiger partial charge in [0.25, 0.3) is 6.02 Å². The van der Waals surface area contributed by atoms with E-state index in [4.69, 9.17) is 10.5 Å². The summed E-state index contributed by atoms with van der Waals surface area (Å²) in [6.07, 6.45) is 5.55.